The van der Waals surface area contributed by atoms with E-state index < -0.39 is 0 Å². The van der Waals surface area contributed by atoms with Crippen molar-refractivity contribution >= 4 is 5.91 Å². The van der Waals surface area contributed by atoms with Gasteiger partial charge < -0.3 is 15.0 Å². The molecule has 0 spiro atoms. The predicted octanol–water partition coefficient (Wildman–Crippen LogP) is 0.822. The normalized spacial score (nSPS) is 12.0. The second kappa shape index (κ2) is 7.74. The van der Waals surface area contributed by atoms with Crippen LogP contribution in [0.5, 0.6) is 5.75 Å². The SMILES string of the molecule is COc1ccccc1C(CNC(=O)c1ccc(=O)n(C)n1)N(C)C. The summed E-state index contributed by atoms with van der Waals surface area (Å²) in [4.78, 5) is 25.6. The van der Waals surface area contributed by atoms with E-state index in [2.05, 4.69) is 10.4 Å². The third kappa shape index (κ3) is 3.99. The van der Waals surface area contributed by atoms with E-state index in [-0.39, 0.29) is 23.2 Å². The molecule has 0 aliphatic rings. The van der Waals surface area contributed by atoms with Crippen LogP contribution in [0.15, 0.2) is 41.2 Å². The molecule has 0 bridgehead atoms. The van der Waals surface area contributed by atoms with Gasteiger partial charge in [0, 0.05) is 25.2 Å². The number of aromatic nitrogens is 2. The lowest BCUT2D eigenvalue weighted by atomic mass is 10.0. The maximum Gasteiger partial charge on any atom is 0.271 e. The van der Waals surface area contributed by atoms with Crippen LogP contribution in [-0.2, 0) is 7.05 Å². The highest BCUT2D eigenvalue weighted by Gasteiger charge is 2.19. The Balaban J connectivity index is 2.15. The van der Waals surface area contributed by atoms with Gasteiger partial charge in [0.25, 0.3) is 11.5 Å². The highest BCUT2D eigenvalue weighted by molar-refractivity contribution is 5.92. The maximum absolute atomic E-state index is 12.3. The van der Waals surface area contributed by atoms with E-state index in [1.807, 2.05) is 43.3 Å². The molecule has 0 fully saturated rings. The number of rotatable bonds is 6. The first kappa shape index (κ1) is 17.7. The predicted molar refractivity (Wildman–Crippen MR) is 91.2 cm³/mol. The van der Waals surface area contributed by atoms with Crippen molar-refractivity contribution < 1.29 is 9.53 Å². The molecule has 0 saturated carbocycles. The number of para-hydroxylation sites is 1. The number of hydrogen-bond acceptors (Lipinski definition) is 5. The number of amides is 1. The van der Waals surface area contributed by atoms with Gasteiger partial charge in [0.2, 0.25) is 0 Å². The van der Waals surface area contributed by atoms with Crippen molar-refractivity contribution in [2.75, 3.05) is 27.7 Å². The Bertz CT molecular complexity index is 770. The van der Waals surface area contributed by atoms with Gasteiger partial charge in [0.05, 0.1) is 13.2 Å². The van der Waals surface area contributed by atoms with Crippen molar-refractivity contribution in [3.05, 3.63) is 58.0 Å². The summed E-state index contributed by atoms with van der Waals surface area (Å²) in [6.07, 6.45) is 0. The Hall–Kier alpha value is -2.67. The van der Waals surface area contributed by atoms with E-state index in [1.165, 1.54) is 19.2 Å². The zero-order valence-electron chi connectivity index (χ0n) is 14.3. The Kier molecular flexibility index (Phi) is 5.70. The Morgan fingerprint density at radius 1 is 1.29 bits per heavy atom. The van der Waals surface area contributed by atoms with E-state index >= 15 is 0 Å². The molecule has 1 aromatic heterocycles. The average Bonchev–Trinajstić information content (AvgIpc) is 2.57. The lowest BCUT2D eigenvalue weighted by Crippen LogP contribution is -2.36. The first-order chi connectivity index (χ1) is 11.4. The van der Waals surface area contributed by atoms with E-state index in [4.69, 9.17) is 4.74 Å². The lowest BCUT2D eigenvalue weighted by molar-refractivity contribution is 0.0934. The van der Waals surface area contributed by atoms with E-state index in [0.29, 0.717) is 6.54 Å². The lowest BCUT2D eigenvalue weighted by Gasteiger charge is -2.26. The number of likely N-dealkylation sites (N-methyl/N-ethyl adjacent to an activating group) is 1. The van der Waals surface area contributed by atoms with Crippen LogP contribution >= 0.6 is 0 Å². The van der Waals surface area contributed by atoms with Crippen molar-refractivity contribution in [1.82, 2.24) is 20.0 Å². The fourth-order valence-corrected chi connectivity index (χ4v) is 2.42. The number of ether oxygens (including phenoxy) is 1. The minimum atomic E-state index is -0.327. The van der Waals surface area contributed by atoms with Crippen LogP contribution in [0.2, 0.25) is 0 Å². The summed E-state index contributed by atoms with van der Waals surface area (Å²) < 4.78 is 6.54. The van der Waals surface area contributed by atoms with Gasteiger partial charge in [-0.3, -0.25) is 9.59 Å². The second-order valence-corrected chi connectivity index (χ2v) is 5.61. The molecule has 1 N–H and O–H groups in total. The van der Waals surface area contributed by atoms with Crippen molar-refractivity contribution in [3.8, 4) is 5.75 Å². The quantitative estimate of drug-likeness (QED) is 0.849. The Morgan fingerprint density at radius 3 is 2.62 bits per heavy atom. The minimum Gasteiger partial charge on any atom is -0.496 e. The third-order valence-electron chi connectivity index (χ3n) is 3.77. The van der Waals surface area contributed by atoms with Crippen LogP contribution in [0.4, 0.5) is 0 Å². The van der Waals surface area contributed by atoms with Crippen LogP contribution in [0.25, 0.3) is 0 Å². The average molecular weight is 330 g/mol. The van der Waals surface area contributed by atoms with Crippen molar-refractivity contribution in [1.29, 1.82) is 0 Å². The first-order valence-electron chi connectivity index (χ1n) is 7.56. The summed E-state index contributed by atoms with van der Waals surface area (Å²) in [7, 11) is 7.01. The van der Waals surface area contributed by atoms with Gasteiger partial charge in [0.15, 0.2) is 0 Å². The molecule has 0 aliphatic carbocycles. The molecule has 7 heteroatoms. The summed E-state index contributed by atoms with van der Waals surface area (Å²) in [6.45, 7) is 0.386. The van der Waals surface area contributed by atoms with Crippen LogP contribution in [0, 0.1) is 0 Å². The van der Waals surface area contributed by atoms with E-state index in [0.717, 1.165) is 16.0 Å². The van der Waals surface area contributed by atoms with Crippen LogP contribution in [-0.4, -0.2) is 48.3 Å². The van der Waals surface area contributed by atoms with Crippen molar-refractivity contribution in [3.63, 3.8) is 0 Å². The number of aryl methyl sites for hydroxylation is 1. The smallest absolute Gasteiger partial charge is 0.271 e. The summed E-state index contributed by atoms with van der Waals surface area (Å²) in [5.41, 5.74) is 0.931. The van der Waals surface area contributed by atoms with Gasteiger partial charge >= 0.3 is 0 Å². The highest BCUT2D eigenvalue weighted by Crippen LogP contribution is 2.27. The molecule has 1 heterocycles. The number of carbonyl (C=O) groups is 1. The monoisotopic (exact) mass is 330 g/mol. The number of hydrogen-bond donors (Lipinski definition) is 1. The molecule has 2 rings (SSSR count). The van der Waals surface area contributed by atoms with Gasteiger partial charge in [-0.1, -0.05) is 18.2 Å². The number of methoxy groups -OCH3 is 1. The number of benzene rings is 1. The fraction of sp³-hybridized carbons (Fsp3) is 0.353. The molecule has 0 radical (unpaired) electrons. The van der Waals surface area contributed by atoms with Crippen LogP contribution in [0.3, 0.4) is 0 Å². The number of carbonyl (C=O) groups excluding carboxylic acids is 1. The molecular weight excluding hydrogens is 308 g/mol. The molecule has 1 amide bonds. The molecule has 1 unspecified atom stereocenters. The van der Waals surface area contributed by atoms with Gasteiger partial charge in [0.1, 0.15) is 11.4 Å². The van der Waals surface area contributed by atoms with Crippen molar-refractivity contribution in [2.24, 2.45) is 7.05 Å². The zero-order valence-corrected chi connectivity index (χ0v) is 14.3. The molecule has 1 aromatic carbocycles. The second-order valence-electron chi connectivity index (χ2n) is 5.61. The maximum atomic E-state index is 12.3. The topological polar surface area (TPSA) is 76.5 Å². The first-order valence-corrected chi connectivity index (χ1v) is 7.56. The van der Waals surface area contributed by atoms with Crippen LogP contribution < -0.4 is 15.6 Å². The van der Waals surface area contributed by atoms with Gasteiger partial charge in [-0.25, -0.2) is 4.68 Å². The minimum absolute atomic E-state index is 0.0577. The fourth-order valence-electron chi connectivity index (χ4n) is 2.42. The molecule has 0 aliphatic heterocycles. The molecule has 0 saturated heterocycles. The van der Waals surface area contributed by atoms with Crippen molar-refractivity contribution in [2.45, 2.75) is 6.04 Å². The molecular formula is C17H22N4O3. The number of nitrogens with zero attached hydrogens (tertiary/aromatic N) is 3. The molecule has 1 atom stereocenters. The van der Waals surface area contributed by atoms with Gasteiger partial charge in [-0.05, 0) is 26.2 Å². The molecule has 128 valence electrons. The summed E-state index contributed by atoms with van der Waals surface area (Å²) in [6, 6.07) is 10.4. The summed E-state index contributed by atoms with van der Waals surface area (Å²) >= 11 is 0. The molecule has 7 nitrogen and oxygen atoms in total. The largest absolute Gasteiger partial charge is 0.496 e. The summed E-state index contributed by atoms with van der Waals surface area (Å²) in [5.74, 6) is 0.443. The highest BCUT2D eigenvalue weighted by atomic mass is 16.5. The third-order valence-corrected chi connectivity index (χ3v) is 3.77. The summed E-state index contributed by atoms with van der Waals surface area (Å²) in [5, 5.41) is 6.82. The van der Waals surface area contributed by atoms with Crippen LogP contribution in [0.1, 0.15) is 22.1 Å². The number of nitrogens with one attached hydrogen (secondary N) is 1. The Morgan fingerprint density at radius 2 is 2.00 bits per heavy atom. The molecule has 24 heavy (non-hydrogen) atoms. The van der Waals surface area contributed by atoms with Gasteiger partial charge in [-0.2, -0.15) is 5.10 Å². The molecule has 2 aromatic rings. The van der Waals surface area contributed by atoms with Gasteiger partial charge in [-0.15, -0.1) is 0 Å². The van der Waals surface area contributed by atoms with E-state index in [1.54, 1.807) is 7.11 Å². The van der Waals surface area contributed by atoms with E-state index in [9.17, 15) is 9.59 Å². The zero-order chi connectivity index (χ0) is 17.7. The Labute approximate surface area is 140 Å². The standard InChI is InChI=1S/C17H22N4O3/c1-20(2)14(12-7-5-6-8-15(12)24-4)11-18-17(23)13-9-10-16(22)21(3)19-13/h5-10,14H,11H2,1-4H3,(H,18,23).